The number of benzene rings is 3. The Morgan fingerprint density at radius 1 is 0.583 bits per heavy atom. The molecular formula is C22H19OP. The topological polar surface area (TPSA) is 9.23 Å². The van der Waals surface area contributed by atoms with Crippen molar-refractivity contribution >= 4 is 28.3 Å². The smallest absolute Gasteiger partial charge is 0.115 e. The van der Waals surface area contributed by atoms with Gasteiger partial charge >= 0.3 is 0 Å². The Morgan fingerprint density at radius 2 is 1.00 bits per heavy atom. The van der Waals surface area contributed by atoms with Crippen LogP contribution in [0.1, 0.15) is 6.42 Å². The van der Waals surface area contributed by atoms with Crippen LogP contribution in [0.3, 0.4) is 0 Å². The molecule has 24 heavy (non-hydrogen) atoms. The fourth-order valence-corrected chi connectivity index (χ4v) is 7.59. The molecule has 0 fully saturated rings. The van der Waals surface area contributed by atoms with Gasteiger partial charge in [0.25, 0.3) is 0 Å². The number of hydrogen-bond donors (Lipinski definition) is 0. The lowest BCUT2D eigenvalue weighted by Gasteiger charge is -2.30. The van der Waals surface area contributed by atoms with Gasteiger partial charge < -0.3 is 4.74 Å². The van der Waals surface area contributed by atoms with Gasteiger partial charge in [0, 0.05) is 13.3 Å². The molecule has 118 valence electrons. The standard InChI is InChI=1S/C22H19OP/c1-4-11-19(12-5-1)24(22-17-10-18-23-22,20-13-6-2-7-14-20)21-15-8-3-9-16-21/h1-16,18H,17H2. The first-order valence-corrected chi connectivity index (χ1v) is 9.95. The lowest BCUT2D eigenvalue weighted by Crippen LogP contribution is -2.30. The number of rotatable bonds is 3. The van der Waals surface area contributed by atoms with E-state index in [1.165, 1.54) is 15.9 Å². The fourth-order valence-electron chi connectivity index (χ4n) is 3.37. The summed E-state index contributed by atoms with van der Waals surface area (Å²) in [5.41, 5.74) is 1.16. The van der Waals surface area contributed by atoms with Gasteiger partial charge in [0.05, 0.1) is 6.26 Å². The zero-order chi connectivity index (χ0) is 16.2. The minimum Gasteiger partial charge on any atom is -0.468 e. The minimum absolute atomic E-state index is 0.868. The summed E-state index contributed by atoms with van der Waals surface area (Å²) < 4.78 is 6.07. The molecule has 0 N–H and O–H groups in total. The molecule has 0 aromatic heterocycles. The summed E-state index contributed by atoms with van der Waals surface area (Å²) >= 11 is 0. The Morgan fingerprint density at radius 3 is 1.33 bits per heavy atom. The van der Waals surface area contributed by atoms with E-state index in [0.29, 0.717) is 0 Å². The number of ether oxygens (including phenoxy) is 1. The molecule has 3 aromatic rings. The Kier molecular flexibility index (Phi) is 4.11. The van der Waals surface area contributed by atoms with Crippen molar-refractivity contribution in [1.82, 2.24) is 0 Å². The molecular weight excluding hydrogens is 311 g/mol. The summed E-state index contributed by atoms with van der Waals surface area (Å²) in [6.07, 6.45) is 4.81. The summed E-state index contributed by atoms with van der Waals surface area (Å²) in [7, 11) is 0. The molecule has 0 bridgehead atoms. The van der Waals surface area contributed by atoms with Crippen molar-refractivity contribution in [2.45, 2.75) is 6.42 Å². The van der Waals surface area contributed by atoms with Crippen LogP contribution in [0.2, 0.25) is 0 Å². The van der Waals surface area contributed by atoms with Crippen LogP contribution in [0, 0.1) is 0 Å². The minimum atomic E-state index is -1.97. The van der Waals surface area contributed by atoms with Crippen LogP contribution in [0.15, 0.2) is 103 Å². The van der Waals surface area contributed by atoms with E-state index in [2.05, 4.69) is 97.1 Å². The molecule has 0 spiro atoms. The van der Waals surface area contributed by atoms with E-state index >= 15 is 0 Å². The second-order valence-corrected chi connectivity index (χ2v) is 9.15. The van der Waals surface area contributed by atoms with Crippen LogP contribution in [0.4, 0.5) is 0 Å². The summed E-state index contributed by atoms with van der Waals surface area (Å²) in [5.74, 6) is 0. The maximum absolute atomic E-state index is 6.07. The van der Waals surface area contributed by atoms with E-state index in [9.17, 15) is 0 Å². The molecule has 3 aromatic carbocycles. The van der Waals surface area contributed by atoms with Gasteiger partial charge in [-0.3, -0.25) is 0 Å². The van der Waals surface area contributed by atoms with Gasteiger partial charge in [-0.2, -0.15) is 0 Å². The zero-order valence-electron chi connectivity index (χ0n) is 13.4. The van der Waals surface area contributed by atoms with Crippen molar-refractivity contribution in [2.75, 3.05) is 0 Å². The van der Waals surface area contributed by atoms with Crippen molar-refractivity contribution in [3.05, 3.63) is 103 Å². The summed E-state index contributed by atoms with van der Waals surface area (Å²) in [4.78, 5) is 0. The number of hydrogen-bond acceptors (Lipinski definition) is 1. The molecule has 0 atom stereocenters. The zero-order valence-corrected chi connectivity index (χ0v) is 14.3. The highest BCUT2D eigenvalue weighted by atomic mass is 31.2. The quantitative estimate of drug-likeness (QED) is 0.659. The largest absolute Gasteiger partial charge is 0.468 e. The third kappa shape index (κ3) is 2.42. The van der Waals surface area contributed by atoms with E-state index in [1.54, 1.807) is 0 Å². The van der Waals surface area contributed by atoms with Crippen LogP contribution in [-0.4, -0.2) is 5.48 Å². The van der Waals surface area contributed by atoms with Gasteiger partial charge in [-0.1, -0.05) is 91.0 Å². The Labute approximate surface area is 143 Å². The van der Waals surface area contributed by atoms with Gasteiger partial charge in [-0.05, 0) is 22.0 Å². The van der Waals surface area contributed by atoms with Crippen molar-refractivity contribution in [3.8, 4) is 0 Å². The molecule has 0 amide bonds. The summed E-state index contributed by atoms with van der Waals surface area (Å²) in [5, 5.41) is 4.00. The van der Waals surface area contributed by atoms with Gasteiger partial charge in [0.2, 0.25) is 0 Å². The first-order chi connectivity index (χ1) is 11.9. The second-order valence-electron chi connectivity index (χ2n) is 5.76. The van der Waals surface area contributed by atoms with Crippen LogP contribution in [-0.2, 0) is 4.74 Å². The highest BCUT2D eigenvalue weighted by molar-refractivity contribution is 7.95. The first-order valence-electron chi connectivity index (χ1n) is 8.16. The van der Waals surface area contributed by atoms with Crippen LogP contribution in [0.25, 0.3) is 0 Å². The van der Waals surface area contributed by atoms with Crippen LogP contribution >= 0.6 is 6.89 Å². The molecule has 0 radical (unpaired) electrons. The second kappa shape index (κ2) is 6.55. The fraction of sp³-hybridized carbons (Fsp3) is 0.0455. The molecule has 2 heteroatoms. The average Bonchev–Trinajstić information content (AvgIpc) is 3.20. The molecule has 1 nitrogen and oxygen atoms in total. The molecule has 0 saturated heterocycles. The predicted molar refractivity (Wildman–Crippen MR) is 105 cm³/mol. The van der Waals surface area contributed by atoms with Gasteiger partial charge in [-0.25, -0.2) is 0 Å². The van der Waals surface area contributed by atoms with Crippen molar-refractivity contribution < 1.29 is 4.74 Å². The van der Waals surface area contributed by atoms with E-state index in [1.807, 2.05) is 6.26 Å². The molecule has 1 aliphatic rings. The lowest BCUT2D eigenvalue weighted by atomic mass is 10.4. The molecule has 0 aliphatic carbocycles. The maximum atomic E-state index is 6.07. The third-order valence-electron chi connectivity index (χ3n) is 4.40. The van der Waals surface area contributed by atoms with Crippen molar-refractivity contribution in [1.29, 1.82) is 0 Å². The summed E-state index contributed by atoms with van der Waals surface area (Å²) in [6, 6.07) is 32.4. The van der Waals surface area contributed by atoms with Crippen LogP contribution in [0.5, 0.6) is 0 Å². The van der Waals surface area contributed by atoms with Gasteiger partial charge in [0.15, 0.2) is 0 Å². The van der Waals surface area contributed by atoms with E-state index < -0.39 is 6.89 Å². The van der Waals surface area contributed by atoms with Crippen molar-refractivity contribution in [2.24, 2.45) is 0 Å². The normalized spacial score (nSPS) is 13.8. The summed E-state index contributed by atoms with van der Waals surface area (Å²) in [6.45, 7) is -1.97. The molecule has 4 rings (SSSR count). The van der Waals surface area contributed by atoms with E-state index in [4.69, 9.17) is 4.74 Å². The van der Waals surface area contributed by atoms with E-state index in [0.717, 1.165) is 11.9 Å². The average molecular weight is 330 g/mol. The first kappa shape index (κ1) is 15.1. The van der Waals surface area contributed by atoms with E-state index in [-0.39, 0.29) is 0 Å². The molecule has 1 heterocycles. The highest BCUT2D eigenvalue weighted by Crippen LogP contribution is 2.47. The Balaban J connectivity index is 2.15. The molecule has 0 unspecified atom stereocenters. The molecule has 1 aliphatic heterocycles. The van der Waals surface area contributed by atoms with Gasteiger partial charge in [-0.15, -0.1) is 0 Å². The molecule has 0 saturated carbocycles. The van der Waals surface area contributed by atoms with Crippen LogP contribution < -0.4 is 15.9 Å². The third-order valence-corrected chi connectivity index (χ3v) is 8.65. The lowest BCUT2D eigenvalue weighted by molar-refractivity contribution is 0.494. The highest BCUT2D eigenvalue weighted by Gasteiger charge is 2.31. The SMILES string of the molecule is C1=COC(=P(c2ccccc2)(c2ccccc2)c2ccccc2)C1. The van der Waals surface area contributed by atoms with Gasteiger partial charge in [0.1, 0.15) is 5.48 Å². The Bertz CT molecular complexity index is 783. The Hall–Kier alpha value is -2.50. The van der Waals surface area contributed by atoms with Crippen molar-refractivity contribution in [3.63, 3.8) is 0 Å². The monoisotopic (exact) mass is 330 g/mol. The maximum Gasteiger partial charge on any atom is 0.115 e. The predicted octanol–water partition coefficient (Wildman–Crippen LogP) is 4.04.